The highest BCUT2D eigenvalue weighted by Crippen LogP contribution is 2.55. The minimum Gasteiger partial charge on any atom is -0.493 e. The van der Waals surface area contributed by atoms with Crippen molar-refractivity contribution in [3.63, 3.8) is 0 Å². The minimum atomic E-state index is -0.533. The highest BCUT2D eigenvalue weighted by Gasteiger charge is 2.46. The fourth-order valence-corrected chi connectivity index (χ4v) is 2.41. The van der Waals surface area contributed by atoms with Crippen LogP contribution in [0, 0.1) is 5.92 Å². The van der Waals surface area contributed by atoms with Crippen molar-refractivity contribution in [1.29, 1.82) is 0 Å². The monoisotopic (exact) mass is 264 g/mol. The molecule has 0 spiro atoms. The smallest absolute Gasteiger partial charge is 0.162 e. The van der Waals surface area contributed by atoms with E-state index in [4.69, 9.17) is 16.3 Å². The lowest BCUT2D eigenvalue weighted by molar-refractivity contribution is 0.406. The Kier molecular flexibility index (Phi) is 2.28. The number of hydrogen-bond donors (Lipinski definition) is 1. The summed E-state index contributed by atoms with van der Waals surface area (Å²) in [5.74, 6) is 1.18. The SMILES string of the molecule is COc1cn[nH]c1C(Cl)(Br)C1CC1. The zero-order valence-electron chi connectivity index (χ0n) is 7.18. The van der Waals surface area contributed by atoms with Crippen molar-refractivity contribution in [1.82, 2.24) is 10.2 Å². The summed E-state index contributed by atoms with van der Waals surface area (Å²) in [4.78, 5) is 0. The van der Waals surface area contributed by atoms with Gasteiger partial charge in [-0.05, 0) is 18.8 Å². The largest absolute Gasteiger partial charge is 0.493 e. The number of nitrogens with one attached hydrogen (secondary N) is 1. The first-order valence-corrected chi connectivity index (χ1v) is 5.29. The molecule has 1 unspecified atom stereocenters. The number of methoxy groups -OCH3 is 1. The quantitative estimate of drug-likeness (QED) is 0.853. The molecule has 1 saturated carbocycles. The number of ether oxygens (including phenoxy) is 1. The summed E-state index contributed by atoms with van der Waals surface area (Å²) < 4.78 is 4.61. The molecule has 3 nitrogen and oxygen atoms in total. The van der Waals surface area contributed by atoms with Gasteiger partial charge in [0.05, 0.1) is 13.3 Å². The number of H-pyrrole nitrogens is 1. The van der Waals surface area contributed by atoms with Gasteiger partial charge in [0.25, 0.3) is 0 Å². The molecule has 0 radical (unpaired) electrons. The van der Waals surface area contributed by atoms with E-state index in [2.05, 4.69) is 26.1 Å². The van der Waals surface area contributed by atoms with E-state index in [1.165, 1.54) is 0 Å². The molecule has 1 aliphatic carbocycles. The molecule has 72 valence electrons. The van der Waals surface area contributed by atoms with Crippen LogP contribution in [0.3, 0.4) is 0 Å². The second-order valence-corrected chi connectivity index (χ2v) is 5.51. The van der Waals surface area contributed by atoms with E-state index >= 15 is 0 Å². The molecule has 1 aliphatic rings. The van der Waals surface area contributed by atoms with Crippen LogP contribution in [0.2, 0.25) is 0 Å². The Balaban J connectivity index is 2.32. The first kappa shape index (κ1) is 9.34. The fourth-order valence-electron chi connectivity index (χ4n) is 1.32. The average Bonchev–Trinajstić information content (AvgIpc) is 2.84. The van der Waals surface area contributed by atoms with Gasteiger partial charge in [0.1, 0.15) is 9.48 Å². The lowest BCUT2D eigenvalue weighted by atomic mass is 10.2. The van der Waals surface area contributed by atoms with Crippen molar-refractivity contribution in [2.24, 2.45) is 5.92 Å². The van der Waals surface area contributed by atoms with E-state index in [9.17, 15) is 0 Å². The summed E-state index contributed by atoms with van der Waals surface area (Å²) >= 11 is 9.85. The van der Waals surface area contributed by atoms with Crippen LogP contribution in [-0.4, -0.2) is 17.3 Å². The van der Waals surface area contributed by atoms with Gasteiger partial charge in [-0.3, -0.25) is 5.10 Å². The van der Waals surface area contributed by atoms with Gasteiger partial charge >= 0.3 is 0 Å². The predicted octanol–water partition coefficient (Wildman–Crippen LogP) is 2.61. The number of hydrogen-bond acceptors (Lipinski definition) is 2. The zero-order valence-corrected chi connectivity index (χ0v) is 9.52. The average molecular weight is 266 g/mol. The molecule has 1 aromatic rings. The molecular formula is C8H10BrClN2O. The van der Waals surface area contributed by atoms with Gasteiger partial charge in [-0.25, -0.2) is 0 Å². The molecule has 0 aromatic carbocycles. The molecule has 2 rings (SSSR count). The van der Waals surface area contributed by atoms with E-state index in [0.29, 0.717) is 11.7 Å². The summed E-state index contributed by atoms with van der Waals surface area (Å²) in [6.07, 6.45) is 3.93. The summed E-state index contributed by atoms with van der Waals surface area (Å²) in [5, 5.41) is 6.77. The van der Waals surface area contributed by atoms with Crippen molar-refractivity contribution < 1.29 is 4.74 Å². The summed E-state index contributed by atoms with van der Waals surface area (Å²) in [6.45, 7) is 0. The Labute approximate surface area is 89.9 Å². The predicted molar refractivity (Wildman–Crippen MR) is 54.3 cm³/mol. The van der Waals surface area contributed by atoms with Gasteiger partial charge in [-0.15, -0.1) is 0 Å². The van der Waals surface area contributed by atoms with Crippen LogP contribution in [0.15, 0.2) is 6.20 Å². The molecule has 1 N–H and O–H groups in total. The van der Waals surface area contributed by atoms with Crippen LogP contribution in [-0.2, 0) is 3.78 Å². The van der Waals surface area contributed by atoms with Crippen LogP contribution in [0.25, 0.3) is 0 Å². The third-order valence-corrected chi connectivity index (χ3v) is 3.79. The normalized spacial score (nSPS) is 21.2. The molecule has 0 amide bonds. The molecule has 1 heterocycles. The van der Waals surface area contributed by atoms with E-state index in [-0.39, 0.29) is 0 Å². The Bertz CT molecular complexity index is 309. The van der Waals surface area contributed by atoms with Gasteiger partial charge in [0.15, 0.2) is 5.75 Å². The third kappa shape index (κ3) is 1.57. The number of rotatable bonds is 3. The van der Waals surface area contributed by atoms with Crippen LogP contribution < -0.4 is 4.74 Å². The Morgan fingerprint density at radius 3 is 3.00 bits per heavy atom. The highest BCUT2D eigenvalue weighted by molar-refractivity contribution is 9.10. The van der Waals surface area contributed by atoms with Crippen LogP contribution >= 0.6 is 27.5 Å². The molecule has 1 atom stereocenters. The van der Waals surface area contributed by atoms with Gasteiger partial charge in [-0.1, -0.05) is 27.5 Å². The van der Waals surface area contributed by atoms with Crippen LogP contribution in [0.1, 0.15) is 18.5 Å². The number of aromatic amines is 1. The number of halogens is 2. The molecule has 0 aliphatic heterocycles. The van der Waals surface area contributed by atoms with Crippen molar-refractivity contribution >= 4 is 27.5 Å². The highest BCUT2D eigenvalue weighted by atomic mass is 79.9. The van der Waals surface area contributed by atoms with E-state index < -0.39 is 3.78 Å². The first-order chi connectivity index (χ1) is 6.16. The van der Waals surface area contributed by atoms with Gasteiger partial charge in [0.2, 0.25) is 0 Å². The Morgan fingerprint density at radius 1 is 1.77 bits per heavy atom. The van der Waals surface area contributed by atoms with Crippen LogP contribution in [0.4, 0.5) is 0 Å². The zero-order chi connectivity index (χ0) is 9.47. The Morgan fingerprint density at radius 2 is 2.46 bits per heavy atom. The van der Waals surface area contributed by atoms with E-state index in [0.717, 1.165) is 18.5 Å². The molecule has 1 fully saturated rings. The van der Waals surface area contributed by atoms with Crippen LogP contribution in [0.5, 0.6) is 5.75 Å². The topological polar surface area (TPSA) is 37.9 Å². The fraction of sp³-hybridized carbons (Fsp3) is 0.625. The first-order valence-electron chi connectivity index (χ1n) is 4.12. The van der Waals surface area contributed by atoms with Gasteiger partial charge in [-0.2, -0.15) is 5.10 Å². The van der Waals surface area contributed by atoms with E-state index in [1.54, 1.807) is 13.3 Å². The van der Waals surface area contributed by atoms with Crippen molar-refractivity contribution in [3.8, 4) is 5.75 Å². The Hall–Kier alpha value is -0.220. The third-order valence-electron chi connectivity index (χ3n) is 2.25. The van der Waals surface area contributed by atoms with Crippen molar-refractivity contribution in [3.05, 3.63) is 11.9 Å². The maximum atomic E-state index is 6.35. The number of alkyl halides is 2. The number of nitrogens with zero attached hydrogens (tertiary/aromatic N) is 1. The maximum Gasteiger partial charge on any atom is 0.162 e. The molecule has 1 aromatic heterocycles. The second kappa shape index (κ2) is 3.17. The van der Waals surface area contributed by atoms with E-state index in [1.807, 2.05) is 0 Å². The summed E-state index contributed by atoms with van der Waals surface area (Å²) in [7, 11) is 1.61. The van der Waals surface area contributed by atoms with Gasteiger partial charge in [0, 0.05) is 0 Å². The molecule has 0 bridgehead atoms. The van der Waals surface area contributed by atoms with Crippen molar-refractivity contribution in [2.45, 2.75) is 16.6 Å². The van der Waals surface area contributed by atoms with Crippen molar-refractivity contribution in [2.75, 3.05) is 7.11 Å². The minimum absolute atomic E-state index is 0.475. The molecule has 13 heavy (non-hydrogen) atoms. The summed E-state index contributed by atoms with van der Waals surface area (Å²) in [6, 6.07) is 0. The van der Waals surface area contributed by atoms with Gasteiger partial charge < -0.3 is 4.74 Å². The summed E-state index contributed by atoms with van der Waals surface area (Å²) in [5.41, 5.74) is 0.819. The number of aromatic nitrogens is 2. The lowest BCUT2D eigenvalue weighted by Crippen LogP contribution is -2.14. The molecule has 0 saturated heterocycles. The lowest BCUT2D eigenvalue weighted by Gasteiger charge is -2.18. The molecular weight excluding hydrogens is 255 g/mol. The standard InChI is InChI=1S/C8H10BrClN2O/c1-13-6-4-11-12-7(6)8(9,10)5-2-3-5/h4-5H,2-3H2,1H3,(H,11,12). The maximum absolute atomic E-state index is 6.35. The second-order valence-electron chi connectivity index (χ2n) is 3.21. The molecule has 5 heteroatoms.